The maximum atomic E-state index is 14.0. The molecule has 0 bridgehead atoms. The number of anilines is 1. The number of rotatable bonds is 7. The van der Waals surface area contributed by atoms with Gasteiger partial charge in [-0.15, -0.1) is 0 Å². The number of carbonyl (C=O) groups excluding carboxylic acids is 3. The van der Waals surface area contributed by atoms with Gasteiger partial charge in [-0.05, 0) is 62.8 Å². The molecule has 2 aliphatic rings. The number of likely N-dealkylation sites (N-methyl/N-ethyl adjacent to an activating group) is 1. The van der Waals surface area contributed by atoms with Gasteiger partial charge in [-0.25, -0.2) is 0 Å². The molecule has 0 aliphatic heterocycles. The molecule has 1 heterocycles. The van der Waals surface area contributed by atoms with E-state index in [2.05, 4.69) is 14.2 Å². The highest BCUT2D eigenvalue weighted by molar-refractivity contribution is 14.1. The highest BCUT2D eigenvalue weighted by Gasteiger charge is 2.43. The van der Waals surface area contributed by atoms with Crippen LogP contribution in [0.25, 0.3) is 5.69 Å². The quantitative estimate of drug-likeness (QED) is 0.214. The lowest BCUT2D eigenvalue weighted by Gasteiger charge is -2.31. The smallest absolute Gasteiger partial charge is 0.418 e. The van der Waals surface area contributed by atoms with E-state index in [0.717, 1.165) is 6.20 Å². The maximum Gasteiger partial charge on any atom is 0.418 e. The van der Waals surface area contributed by atoms with Crippen LogP contribution in [0.1, 0.15) is 77.9 Å². The van der Waals surface area contributed by atoms with Crippen LogP contribution in [0, 0.1) is 5.41 Å². The Hall–Kier alpha value is -2.61. The molecule has 1 aromatic heterocycles. The summed E-state index contributed by atoms with van der Waals surface area (Å²) in [4.78, 5) is 37.3. The summed E-state index contributed by atoms with van der Waals surface area (Å²) in [5.41, 5.74) is -0.109. The Balaban J connectivity index is 1.66. The third kappa shape index (κ3) is 6.59. The number of hydrogen-bond donors (Lipinski definition) is 3. The topological polar surface area (TPSA) is 101 Å². The molecule has 0 spiro atoms. The summed E-state index contributed by atoms with van der Waals surface area (Å²) in [7, 11) is 1.67. The molecule has 0 radical (unpaired) electrons. The van der Waals surface area contributed by atoms with E-state index in [1.807, 2.05) is 13.8 Å². The fraction of sp³-hybridized carbons (Fsp3) is 0.519. The summed E-state index contributed by atoms with van der Waals surface area (Å²) in [6.07, 6.45) is -0.841. The molecule has 12 heteroatoms. The minimum Gasteiger partial charge on any atom is -0.461 e. The van der Waals surface area contributed by atoms with Crippen LogP contribution >= 0.6 is 22.9 Å². The highest BCUT2D eigenvalue weighted by atomic mass is 127. The van der Waals surface area contributed by atoms with Crippen LogP contribution in [0.2, 0.25) is 0 Å². The minimum atomic E-state index is -4.68. The molecular formula is C27H32F3IN4O4. The second-order valence-corrected chi connectivity index (χ2v) is 11.5. The Labute approximate surface area is 238 Å². The van der Waals surface area contributed by atoms with Crippen molar-refractivity contribution in [2.45, 2.75) is 70.7 Å². The van der Waals surface area contributed by atoms with Crippen molar-refractivity contribution < 1.29 is 32.3 Å². The van der Waals surface area contributed by atoms with Crippen LogP contribution in [-0.4, -0.2) is 48.0 Å². The van der Waals surface area contributed by atoms with Crippen molar-refractivity contribution in [3.63, 3.8) is 0 Å². The predicted molar refractivity (Wildman–Crippen MR) is 148 cm³/mol. The Kier molecular flexibility index (Phi) is 8.64. The van der Waals surface area contributed by atoms with Gasteiger partial charge in [0.25, 0.3) is 5.91 Å². The fourth-order valence-electron chi connectivity index (χ4n) is 5.48. The van der Waals surface area contributed by atoms with Crippen molar-refractivity contribution in [3.8, 4) is 5.69 Å². The van der Waals surface area contributed by atoms with Crippen LogP contribution in [0.3, 0.4) is 0 Å². The molecule has 0 atom stereocenters. The fourth-order valence-corrected chi connectivity index (χ4v) is 5.77. The second kappa shape index (κ2) is 11.5. The van der Waals surface area contributed by atoms with Crippen molar-refractivity contribution in [3.05, 3.63) is 46.8 Å². The summed E-state index contributed by atoms with van der Waals surface area (Å²) in [6.45, 7) is 3.87. The van der Waals surface area contributed by atoms with Crippen LogP contribution in [-0.2, 0) is 22.1 Å². The Morgan fingerprint density at radius 2 is 1.85 bits per heavy atom. The summed E-state index contributed by atoms with van der Waals surface area (Å²) in [6, 6.07) is 4.81. The maximum absolute atomic E-state index is 14.0. The number of esters is 1. The van der Waals surface area contributed by atoms with Crippen LogP contribution < -0.4 is 14.2 Å². The van der Waals surface area contributed by atoms with Crippen molar-refractivity contribution in [2.24, 2.45) is 5.41 Å². The van der Waals surface area contributed by atoms with E-state index in [-0.39, 0.29) is 42.6 Å². The third-order valence-electron chi connectivity index (χ3n) is 7.24. The van der Waals surface area contributed by atoms with Gasteiger partial charge in [0.15, 0.2) is 5.78 Å². The van der Waals surface area contributed by atoms with Gasteiger partial charge in [-0.3, -0.25) is 17.9 Å². The highest BCUT2D eigenvalue weighted by Crippen LogP contribution is 2.43. The first-order valence-electron chi connectivity index (χ1n) is 12.8. The molecule has 1 saturated carbocycles. The van der Waals surface area contributed by atoms with Crippen molar-refractivity contribution >= 4 is 46.2 Å². The van der Waals surface area contributed by atoms with Crippen LogP contribution in [0.15, 0.2) is 24.4 Å². The number of carbonyl (C=O) groups is 3. The second-order valence-electron chi connectivity index (χ2n) is 11.0. The summed E-state index contributed by atoms with van der Waals surface area (Å²) in [5.74, 6) is -1.17. The molecule has 4 rings (SSSR count). The van der Waals surface area contributed by atoms with Crippen molar-refractivity contribution in [1.29, 1.82) is 0 Å². The first kappa shape index (κ1) is 29.4. The average molecular weight is 660 g/mol. The number of ketones is 1. The molecule has 39 heavy (non-hydrogen) atoms. The zero-order valence-electron chi connectivity index (χ0n) is 22.0. The number of ether oxygens (including phenoxy) is 1. The normalized spacial score (nSPS) is 20.7. The van der Waals surface area contributed by atoms with E-state index in [4.69, 9.17) is 4.74 Å². The third-order valence-corrected chi connectivity index (χ3v) is 7.73. The predicted octanol–water partition coefficient (Wildman–Crippen LogP) is 5.22. The summed E-state index contributed by atoms with van der Waals surface area (Å²) >= 11 is 1.74. The number of aromatic nitrogens is 1. The molecule has 212 valence electrons. The van der Waals surface area contributed by atoms with E-state index >= 15 is 0 Å². The Morgan fingerprint density at radius 1 is 1.15 bits per heavy atom. The van der Waals surface area contributed by atoms with E-state index in [0.29, 0.717) is 54.7 Å². The van der Waals surface area contributed by atoms with Gasteiger partial charge >= 0.3 is 12.1 Å². The standard InChI is InChI=1S/C27H32F3IN4O4/c1-26(2)11-21-24(22(36)12-26)19(27(28,29)30)14-35(21)16-6-9-18(25(38)34-31)20(10-16)33-15-4-7-17(8-5-15)39-23(37)13-32-3/h6,9-10,14-15,17,32-33H,4-5,7-8,11-13H2,1-3H3,(H,34,38). The monoisotopic (exact) mass is 660 g/mol. The van der Waals surface area contributed by atoms with Gasteiger partial charge in [-0.1, -0.05) is 13.8 Å². The van der Waals surface area contributed by atoms with E-state index in [1.165, 1.54) is 4.57 Å². The summed E-state index contributed by atoms with van der Waals surface area (Å²) < 4.78 is 51.4. The van der Waals surface area contributed by atoms with Gasteiger partial charge in [0.1, 0.15) is 6.10 Å². The molecular weight excluding hydrogens is 628 g/mol. The number of alkyl halides is 3. The van der Waals surface area contributed by atoms with E-state index in [1.54, 1.807) is 48.1 Å². The number of halogens is 4. The average Bonchev–Trinajstić information content (AvgIpc) is 3.24. The number of fused-ring (bicyclic) bond motifs is 1. The summed E-state index contributed by atoms with van der Waals surface area (Å²) in [5, 5.41) is 6.16. The Bertz CT molecular complexity index is 1270. The molecule has 2 aromatic rings. The minimum absolute atomic E-state index is 0.0231. The van der Waals surface area contributed by atoms with Crippen LogP contribution in [0.5, 0.6) is 0 Å². The largest absolute Gasteiger partial charge is 0.461 e. The Morgan fingerprint density at radius 3 is 2.46 bits per heavy atom. The van der Waals surface area contributed by atoms with Crippen molar-refractivity contribution in [1.82, 2.24) is 13.4 Å². The lowest BCUT2D eigenvalue weighted by Crippen LogP contribution is -2.33. The molecule has 1 aromatic carbocycles. The number of nitrogens with one attached hydrogen (secondary N) is 3. The molecule has 0 unspecified atom stereocenters. The van der Waals surface area contributed by atoms with Gasteiger partial charge in [0, 0.05) is 35.7 Å². The SMILES string of the molecule is CNCC(=O)OC1CCC(Nc2cc(-n3cc(C(F)(F)F)c4c3CC(C)(C)CC4=O)ccc2C(=O)NI)CC1. The number of amides is 1. The molecule has 0 saturated heterocycles. The molecule has 1 fully saturated rings. The number of hydrogen-bond acceptors (Lipinski definition) is 6. The van der Waals surface area contributed by atoms with Gasteiger partial charge in [0.05, 0.1) is 46.1 Å². The lowest BCUT2D eigenvalue weighted by atomic mass is 9.75. The molecule has 1 amide bonds. The zero-order chi connectivity index (χ0) is 28.5. The molecule has 2 aliphatic carbocycles. The number of nitrogens with zero attached hydrogens (tertiary/aromatic N) is 1. The molecule has 3 N–H and O–H groups in total. The number of benzene rings is 1. The first-order valence-corrected chi connectivity index (χ1v) is 13.9. The first-order chi connectivity index (χ1) is 18.3. The van der Waals surface area contributed by atoms with Crippen molar-refractivity contribution in [2.75, 3.05) is 18.9 Å². The van der Waals surface area contributed by atoms with E-state index < -0.39 is 22.9 Å². The van der Waals surface area contributed by atoms with Gasteiger partial charge in [0.2, 0.25) is 0 Å². The van der Waals surface area contributed by atoms with Crippen LogP contribution in [0.4, 0.5) is 18.9 Å². The van der Waals surface area contributed by atoms with E-state index in [9.17, 15) is 27.6 Å². The lowest BCUT2D eigenvalue weighted by molar-refractivity contribution is -0.149. The van der Waals surface area contributed by atoms with Gasteiger partial charge in [-0.2, -0.15) is 13.2 Å². The zero-order valence-corrected chi connectivity index (χ0v) is 24.2. The number of Topliss-reactive ketones (excluding diaryl/α,β-unsaturated/α-hetero) is 1. The molecule has 8 nitrogen and oxygen atoms in total. The van der Waals surface area contributed by atoms with Gasteiger partial charge < -0.3 is 19.9 Å².